The minimum absolute atomic E-state index is 0.131. The van der Waals surface area contributed by atoms with Crippen molar-refractivity contribution in [1.82, 2.24) is 24.8 Å². The van der Waals surface area contributed by atoms with Crippen LogP contribution in [0.4, 0.5) is 13.2 Å². The van der Waals surface area contributed by atoms with Crippen LogP contribution >= 0.6 is 23.2 Å². The number of amides is 2. The highest BCUT2D eigenvalue weighted by molar-refractivity contribution is 6.31. The van der Waals surface area contributed by atoms with Crippen LogP contribution < -0.4 is 0 Å². The fraction of sp³-hybridized carbons (Fsp3) is 0.588. The first-order valence-corrected chi connectivity index (χ1v) is 18.0. The summed E-state index contributed by atoms with van der Waals surface area (Å²) in [6.07, 6.45) is -0.0671. The largest absolute Gasteiger partial charge is 0.394 e. The number of aromatic nitrogens is 3. The Bertz CT molecular complexity index is 1670. The molecular weight excluding hydrogens is 734 g/mol. The van der Waals surface area contributed by atoms with E-state index in [0.29, 0.717) is 61.4 Å². The second-order valence-corrected chi connectivity index (χ2v) is 14.6. The molecule has 2 amide bonds. The van der Waals surface area contributed by atoms with Gasteiger partial charge in [-0.15, -0.1) is 16.7 Å². The molecule has 0 radical (unpaired) electrons. The molecule has 2 aliphatic carbocycles. The quantitative estimate of drug-likeness (QED) is 0.220. The number of nitrogens with zero attached hydrogens (tertiary/aromatic N) is 5. The highest BCUT2D eigenvalue weighted by atomic mass is 35.5. The zero-order valence-corrected chi connectivity index (χ0v) is 29.4. The number of piperidine rings is 1. The van der Waals surface area contributed by atoms with Gasteiger partial charge in [0, 0.05) is 35.8 Å². The van der Waals surface area contributed by atoms with Gasteiger partial charge in [-0.2, -0.15) is 0 Å². The Morgan fingerprint density at radius 3 is 2.40 bits per heavy atom. The molecule has 1 aromatic carbocycles. The van der Waals surface area contributed by atoms with Crippen molar-refractivity contribution in [2.75, 3.05) is 26.3 Å². The lowest BCUT2D eigenvalue weighted by Crippen LogP contribution is -2.63. The van der Waals surface area contributed by atoms with Gasteiger partial charge in [0.15, 0.2) is 23.6 Å². The molecule has 1 unspecified atom stereocenters. The lowest BCUT2D eigenvalue weighted by Gasteiger charge is -2.47. The van der Waals surface area contributed by atoms with E-state index in [1.54, 1.807) is 12.2 Å². The van der Waals surface area contributed by atoms with Gasteiger partial charge >= 0.3 is 0 Å². The number of aliphatic hydroxyl groups excluding tert-OH is 4. The van der Waals surface area contributed by atoms with Crippen LogP contribution in [0.1, 0.15) is 51.0 Å². The summed E-state index contributed by atoms with van der Waals surface area (Å²) in [5, 5.41) is 50.8. The smallest absolute Gasteiger partial charge is 0.259 e. The minimum atomic E-state index is -1.68. The number of carbonyl (C=O) groups is 2. The summed E-state index contributed by atoms with van der Waals surface area (Å²) in [6.45, 7) is -0.849. The minimum Gasteiger partial charge on any atom is -0.394 e. The van der Waals surface area contributed by atoms with Gasteiger partial charge in [0.1, 0.15) is 36.7 Å². The van der Waals surface area contributed by atoms with Crippen LogP contribution in [0, 0.1) is 17.5 Å². The maximum absolute atomic E-state index is 14.9. The van der Waals surface area contributed by atoms with Gasteiger partial charge in [-0.05, 0) is 50.0 Å². The zero-order chi connectivity index (χ0) is 37.3. The molecule has 0 spiro atoms. The van der Waals surface area contributed by atoms with Gasteiger partial charge < -0.3 is 39.7 Å². The molecule has 52 heavy (non-hydrogen) atoms. The first-order chi connectivity index (χ1) is 24.9. The number of ether oxygens (including phenoxy) is 2. The molecule has 284 valence electrons. The molecule has 6 rings (SSSR count). The fourth-order valence-corrected chi connectivity index (χ4v) is 7.93. The summed E-state index contributed by atoms with van der Waals surface area (Å²) >= 11 is 12.9. The third kappa shape index (κ3) is 8.18. The average Bonchev–Trinajstić information content (AvgIpc) is 3.60. The zero-order valence-electron chi connectivity index (χ0n) is 27.9. The number of carbonyl (C=O) groups excluding carboxylic acids is 2. The second kappa shape index (κ2) is 16.5. The van der Waals surface area contributed by atoms with Crippen LogP contribution in [0.2, 0.25) is 0 Å². The Hall–Kier alpha value is -3.09. The van der Waals surface area contributed by atoms with E-state index < -0.39 is 96.6 Å². The topological polar surface area (TPSA) is 171 Å². The van der Waals surface area contributed by atoms with Crippen molar-refractivity contribution in [2.45, 2.75) is 99.0 Å². The van der Waals surface area contributed by atoms with Crippen molar-refractivity contribution in [3.8, 4) is 11.3 Å². The maximum Gasteiger partial charge on any atom is 0.259 e. The highest BCUT2D eigenvalue weighted by Crippen LogP contribution is 2.38. The number of allylic oxidation sites excluding steroid dienone is 3. The number of alkyl halides is 1. The molecule has 13 nitrogen and oxygen atoms in total. The van der Waals surface area contributed by atoms with Gasteiger partial charge in [-0.25, -0.2) is 17.9 Å². The predicted octanol–water partition coefficient (Wildman–Crippen LogP) is 2.54. The van der Waals surface area contributed by atoms with Crippen molar-refractivity contribution in [2.24, 2.45) is 0 Å². The average molecular weight is 775 g/mol. The number of hydrogen-bond donors (Lipinski definition) is 4. The van der Waals surface area contributed by atoms with Crippen molar-refractivity contribution < 1.29 is 52.7 Å². The normalized spacial score (nSPS) is 30.1. The predicted molar refractivity (Wildman–Crippen MR) is 179 cm³/mol. The third-order valence-electron chi connectivity index (χ3n) is 10.0. The molecule has 8 atom stereocenters. The first-order valence-electron chi connectivity index (χ1n) is 17.2. The molecule has 18 heteroatoms. The lowest BCUT2D eigenvalue weighted by atomic mass is 9.88. The summed E-state index contributed by atoms with van der Waals surface area (Å²) in [5.41, 5.74) is -0.0190. The van der Waals surface area contributed by atoms with E-state index in [4.69, 9.17) is 32.7 Å². The molecule has 2 aromatic rings. The molecule has 0 bridgehead atoms. The van der Waals surface area contributed by atoms with Crippen LogP contribution in [0.15, 0.2) is 41.2 Å². The summed E-state index contributed by atoms with van der Waals surface area (Å²) in [7, 11) is 0. The SMILES string of the molecule is O=C(CO[C@@H]1[C@@H](n2cc(-c3cc(F)c(F)c(F)c3)nn2)[C@@H](O)[C@@H](CO)O[C@H]1C(=O)N(C1=CC(Cl)CC(Cl)=C1)[C@H]1CCCC[C@@H]1O)N1CCC(O)CC1. The van der Waals surface area contributed by atoms with Crippen LogP contribution in [0.5, 0.6) is 0 Å². The van der Waals surface area contributed by atoms with Gasteiger partial charge in [-0.3, -0.25) is 9.59 Å². The molecule has 3 fully saturated rings. The van der Waals surface area contributed by atoms with Gasteiger partial charge in [0.05, 0.1) is 36.4 Å². The lowest BCUT2D eigenvalue weighted by molar-refractivity contribution is -0.223. The van der Waals surface area contributed by atoms with E-state index in [2.05, 4.69) is 10.3 Å². The van der Waals surface area contributed by atoms with E-state index in [9.17, 15) is 43.2 Å². The molecule has 4 N–H and O–H groups in total. The fourth-order valence-electron chi connectivity index (χ4n) is 7.27. The Morgan fingerprint density at radius 2 is 1.75 bits per heavy atom. The monoisotopic (exact) mass is 773 g/mol. The molecule has 3 heterocycles. The van der Waals surface area contributed by atoms with Crippen LogP contribution in [-0.2, 0) is 19.1 Å². The van der Waals surface area contributed by atoms with E-state index >= 15 is 0 Å². The molecule has 2 saturated heterocycles. The Morgan fingerprint density at radius 1 is 1.06 bits per heavy atom. The van der Waals surface area contributed by atoms with E-state index in [1.807, 2.05) is 0 Å². The Labute approximate surface area is 307 Å². The molecule has 1 saturated carbocycles. The summed E-state index contributed by atoms with van der Waals surface area (Å²) in [4.78, 5) is 31.1. The molecule has 2 aliphatic heterocycles. The number of likely N-dealkylation sites (tertiary alicyclic amines) is 1. The number of hydrogen-bond acceptors (Lipinski definition) is 10. The van der Waals surface area contributed by atoms with Crippen molar-refractivity contribution >= 4 is 35.0 Å². The number of benzene rings is 1. The van der Waals surface area contributed by atoms with E-state index in [-0.39, 0.29) is 24.3 Å². The van der Waals surface area contributed by atoms with Crippen molar-refractivity contribution in [3.05, 3.63) is 58.7 Å². The van der Waals surface area contributed by atoms with Crippen molar-refractivity contribution in [1.29, 1.82) is 0 Å². The van der Waals surface area contributed by atoms with E-state index in [1.165, 1.54) is 16.0 Å². The van der Waals surface area contributed by atoms with Gasteiger partial charge in [0.25, 0.3) is 5.91 Å². The number of aliphatic hydroxyl groups is 4. The number of halogens is 5. The molecular formula is C34H40Cl2F3N5O8. The van der Waals surface area contributed by atoms with E-state index in [0.717, 1.165) is 11.1 Å². The second-order valence-electron chi connectivity index (χ2n) is 13.5. The van der Waals surface area contributed by atoms with Crippen LogP contribution in [0.3, 0.4) is 0 Å². The first kappa shape index (κ1) is 38.6. The summed E-state index contributed by atoms with van der Waals surface area (Å²) in [6, 6.07) is -0.719. The third-order valence-corrected chi connectivity index (χ3v) is 10.6. The van der Waals surface area contributed by atoms with Gasteiger partial charge in [0.2, 0.25) is 5.91 Å². The van der Waals surface area contributed by atoms with Crippen molar-refractivity contribution in [3.63, 3.8) is 0 Å². The summed E-state index contributed by atoms with van der Waals surface area (Å²) in [5.74, 6) is -5.84. The standard InChI is InChI=1S/C34H40Cl2F3N5O8/c35-18-11-19(36)13-20(12-18)44(25-3-1-2-4-26(25)47)34(50)33-32(51-16-28(48)42-7-5-21(46)6-8-42)30(31(49)27(15-45)52-33)43-14-24(40-41-43)17-9-22(37)29(39)23(38)10-17/h9-10,12-14,18,21,25-27,30-33,45-47,49H,1-8,11,15-16H2/t18?,25-,26-,27+,30-,31-,32+,33+/m0/s1. The van der Waals surface area contributed by atoms with Gasteiger partial charge in [-0.1, -0.05) is 29.7 Å². The molecule has 4 aliphatic rings. The highest BCUT2D eigenvalue weighted by Gasteiger charge is 2.53. The Balaban J connectivity index is 1.40. The van der Waals surface area contributed by atoms with Crippen LogP contribution in [0.25, 0.3) is 11.3 Å². The van der Waals surface area contributed by atoms with Crippen LogP contribution in [-0.4, -0.2) is 131 Å². The summed E-state index contributed by atoms with van der Waals surface area (Å²) < 4.78 is 55.4. The maximum atomic E-state index is 14.9. The Kier molecular flexibility index (Phi) is 12.3. The molecule has 1 aromatic heterocycles. The number of rotatable bonds is 9.